The van der Waals surface area contributed by atoms with Crippen LogP contribution in [-0.4, -0.2) is 15.5 Å². The van der Waals surface area contributed by atoms with Gasteiger partial charge in [-0.2, -0.15) is 0 Å². The lowest BCUT2D eigenvalue weighted by Gasteiger charge is -2.07. The summed E-state index contributed by atoms with van der Waals surface area (Å²) in [5, 5.41) is 3.80. The number of anilines is 1. The highest BCUT2D eigenvalue weighted by Crippen LogP contribution is 2.29. The fraction of sp³-hybridized carbons (Fsp3) is 0.0952. The molecule has 0 spiro atoms. The third kappa shape index (κ3) is 3.84. The Labute approximate surface area is 184 Å². The van der Waals surface area contributed by atoms with E-state index in [0.29, 0.717) is 42.0 Å². The highest BCUT2D eigenvalue weighted by atomic mass is 35.5. The smallest absolute Gasteiger partial charge is 0.266 e. The van der Waals surface area contributed by atoms with Crippen molar-refractivity contribution in [3.05, 3.63) is 91.0 Å². The van der Waals surface area contributed by atoms with Crippen molar-refractivity contribution in [2.75, 3.05) is 5.32 Å². The molecule has 1 N–H and O–H groups in total. The number of aryl methyl sites for hydroxylation is 1. The zero-order chi connectivity index (χ0) is 21.4. The Kier molecular flexibility index (Phi) is 5.60. The van der Waals surface area contributed by atoms with Gasteiger partial charge in [-0.15, -0.1) is 11.3 Å². The lowest BCUT2D eigenvalue weighted by atomic mass is 10.2. The SMILES string of the molecule is Cc1c(C(=O)Nc2ccc(Cl)c(Cl)c2)sc2ncn(Cc3ccccc3F)c(=O)c12. The first-order valence-corrected chi connectivity index (χ1v) is 10.4. The van der Waals surface area contributed by atoms with E-state index in [-0.39, 0.29) is 18.0 Å². The summed E-state index contributed by atoms with van der Waals surface area (Å²) >= 11 is 13.0. The van der Waals surface area contributed by atoms with Gasteiger partial charge in [-0.25, -0.2) is 9.37 Å². The maximum atomic E-state index is 14.0. The number of aromatic nitrogens is 2. The molecule has 4 rings (SSSR count). The average Bonchev–Trinajstić information content (AvgIpc) is 3.06. The number of nitrogens with one attached hydrogen (secondary N) is 1. The number of benzene rings is 2. The van der Waals surface area contributed by atoms with Crippen molar-refractivity contribution >= 4 is 56.3 Å². The second kappa shape index (κ2) is 8.18. The number of fused-ring (bicyclic) bond motifs is 1. The van der Waals surface area contributed by atoms with Crippen molar-refractivity contribution in [1.82, 2.24) is 9.55 Å². The molecule has 9 heteroatoms. The summed E-state index contributed by atoms with van der Waals surface area (Å²) in [7, 11) is 0. The van der Waals surface area contributed by atoms with E-state index in [0.717, 1.165) is 11.3 Å². The standard InChI is InChI=1S/C21H14Cl2FN3O2S/c1-11-17-20(25-10-27(21(17)29)9-12-4-2-3-5-16(12)24)30-18(11)19(28)26-13-6-7-14(22)15(23)8-13/h2-8,10H,9H2,1H3,(H,26,28). The molecule has 0 saturated carbocycles. The first-order chi connectivity index (χ1) is 14.3. The Bertz CT molecular complexity index is 1350. The maximum absolute atomic E-state index is 14.0. The number of hydrogen-bond acceptors (Lipinski definition) is 4. The molecule has 4 aromatic rings. The van der Waals surface area contributed by atoms with Crippen LogP contribution in [0.3, 0.4) is 0 Å². The van der Waals surface area contributed by atoms with Crippen LogP contribution in [0.25, 0.3) is 10.2 Å². The van der Waals surface area contributed by atoms with Crippen LogP contribution >= 0.6 is 34.5 Å². The van der Waals surface area contributed by atoms with E-state index in [1.807, 2.05) is 0 Å². The summed E-state index contributed by atoms with van der Waals surface area (Å²) in [4.78, 5) is 30.9. The first kappa shape index (κ1) is 20.5. The average molecular weight is 462 g/mol. The Morgan fingerprint density at radius 1 is 1.20 bits per heavy atom. The lowest BCUT2D eigenvalue weighted by molar-refractivity contribution is 0.103. The quantitative estimate of drug-likeness (QED) is 0.435. The third-order valence-corrected chi connectivity index (χ3v) is 6.54. The molecule has 0 saturated heterocycles. The van der Waals surface area contributed by atoms with Gasteiger partial charge >= 0.3 is 0 Å². The second-order valence-electron chi connectivity index (χ2n) is 6.59. The molecule has 0 aliphatic heterocycles. The van der Waals surface area contributed by atoms with Crippen molar-refractivity contribution < 1.29 is 9.18 Å². The predicted octanol–water partition coefficient (Wildman–Crippen LogP) is 5.51. The van der Waals surface area contributed by atoms with Gasteiger partial charge in [0.1, 0.15) is 10.6 Å². The second-order valence-corrected chi connectivity index (χ2v) is 8.40. The molecular weight excluding hydrogens is 448 g/mol. The number of nitrogens with zero attached hydrogens (tertiary/aromatic N) is 2. The van der Waals surface area contributed by atoms with Gasteiger partial charge in [0.25, 0.3) is 11.5 Å². The minimum absolute atomic E-state index is 0.0501. The zero-order valence-electron chi connectivity index (χ0n) is 15.6. The molecule has 30 heavy (non-hydrogen) atoms. The lowest BCUT2D eigenvalue weighted by Crippen LogP contribution is -2.21. The summed E-state index contributed by atoms with van der Waals surface area (Å²) in [5.41, 5.74) is 1.06. The van der Waals surface area contributed by atoms with Gasteiger partial charge in [0.2, 0.25) is 0 Å². The van der Waals surface area contributed by atoms with Crippen molar-refractivity contribution in [3.8, 4) is 0 Å². The Morgan fingerprint density at radius 2 is 1.97 bits per heavy atom. The normalized spacial score (nSPS) is 11.1. The van der Waals surface area contributed by atoms with Crippen LogP contribution in [-0.2, 0) is 6.54 Å². The van der Waals surface area contributed by atoms with Gasteiger partial charge in [-0.05, 0) is 36.8 Å². The highest BCUT2D eigenvalue weighted by Gasteiger charge is 2.20. The van der Waals surface area contributed by atoms with E-state index in [4.69, 9.17) is 23.2 Å². The molecule has 0 aliphatic rings. The molecule has 0 unspecified atom stereocenters. The Hall–Kier alpha value is -2.74. The van der Waals surface area contributed by atoms with E-state index in [9.17, 15) is 14.0 Å². The van der Waals surface area contributed by atoms with Crippen molar-refractivity contribution in [2.45, 2.75) is 13.5 Å². The molecular formula is C21H14Cl2FN3O2S. The number of carbonyl (C=O) groups excluding carboxylic acids is 1. The minimum Gasteiger partial charge on any atom is -0.321 e. The van der Waals surface area contributed by atoms with Gasteiger partial charge in [-0.3, -0.25) is 14.2 Å². The first-order valence-electron chi connectivity index (χ1n) is 8.83. The van der Waals surface area contributed by atoms with Crippen LogP contribution in [0.2, 0.25) is 10.0 Å². The molecule has 0 aliphatic carbocycles. The monoisotopic (exact) mass is 461 g/mol. The molecule has 0 radical (unpaired) electrons. The molecule has 2 heterocycles. The number of thiophene rings is 1. The summed E-state index contributed by atoms with van der Waals surface area (Å²) in [6.45, 7) is 1.74. The molecule has 5 nitrogen and oxygen atoms in total. The number of amides is 1. The number of rotatable bonds is 4. The van der Waals surface area contributed by atoms with Gasteiger partial charge in [0, 0.05) is 11.3 Å². The number of hydrogen-bond donors (Lipinski definition) is 1. The zero-order valence-corrected chi connectivity index (χ0v) is 17.9. The van der Waals surface area contributed by atoms with Crippen molar-refractivity contribution in [3.63, 3.8) is 0 Å². The van der Waals surface area contributed by atoms with Crippen LogP contribution < -0.4 is 10.9 Å². The molecule has 2 aromatic carbocycles. The third-order valence-electron chi connectivity index (χ3n) is 4.60. The highest BCUT2D eigenvalue weighted by molar-refractivity contribution is 7.20. The fourth-order valence-corrected chi connectivity index (χ4v) is 4.39. The maximum Gasteiger partial charge on any atom is 0.266 e. The van der Waals surface area contributed by atoms with Crippen molar-refractivity contribution in [1.29, 1.82) is 0 Å². The van der Waals surface area contributed by atoms with Gasteiger partial charge < -0.3 is 5.32 Å². The molecule has 2 aromatic heterocycles. The molecule has 152 valence electrons. The van der Waals surface area contributed by atoms with E-state index in [1.165, 1.54) is 17.0 Å². The Balaban J connectivity index is 1.69. The largest absolute Gasteiger partial charge is 0.321 e. The summed E-state index contributed by atoms with van der Waals surface area (Å²) in [6.07, 6.45) is 1.37. The van der Waals surface area contributed by atoms with E-state index >= 15 is 0 Å². The van der Waals surface area contributed by atoms with Gasteiger partial charge in [0.05, 0.1) is 33.2 Å². The summed E-state index contributed by atoms with van der Waals surface area (Å²) in [6, 6.07) is 11.0. The van der Waals surface area contributed by atoms with E-state index < -0.39 is 5.82 Å². The van der Waals surface area contributed by atoms with Crippen LogP contribution in [0, 0.1) is 12.7 Å². The van der Waals surface area contributed by atoms with E-state index in [1.54, 1.807) is 43.3 Å². The van der Waals surface area contributed by atoms with Crippen LogP contribution in [0.4, 0.5) is 10.1 Å². The molecule has 0 fully saturated rings. The van der Waals surface area contributed by atoms with Gasteiger partial charge in [0.15, 0.2) is 0 Å². The summed E-state index contributed by atoms with van der Waals surface area (Å²) in [5.74, 6) is -0.776. The minimum atomic E-state index is -0.395. The molecule has 0 bridgehead atoms. The topological polar surface area (TPSA) is 64.0 Å². The molecule has 1 amide bonds. The Morgan fingerprint density at radius 3 is 2.70 bits per heavy atom. The van der Waals surface area contributed by atoms with Gasteiger partial charge in [-0.1, -0.05) is 41.4 Å². The van der Waals surface area contributed by atoms with Crippen LogP contribution in [0.15, 0.2) is 53.6 Å². The van der Waals surface area contributed by atoms with Crippen LogP contribution in [0.1, 0.15) is 20.8 Å². The summed E-state index contributed by atoms with van der Waals surface area (Å²) < 4.78 is 15.3. The fourth-order valence-electron chi connectivity index (χ4n) is 3.06. The number of halogens is 3. The van der Waals surface area contributed by atoms with E-state index in [2.05, 4.69) is 10.3 Å². The van der Waals surface area contributed by atoms with Crippen molar-refractivity contribution in [2.24, 2.45) is 0 Å². The molecule has 0 atom stereocenters. The predicted molar refractivity (Wildman–Crippen MR) is 119 cm³/mol. The number of carbonyl (C=O) groups is 1. The van der Waals surface area contributed by atoms with Crippen LogP contribution in [0.5, 0.6) is 0 Å².